The monoisotopic (exact) mass is 337 g/mol. The molecular formula is C16H16FNO4S. The maximum absolute atomic E-state index is 12.4. The Balaban J connectivity index is 1.98. The maximum atomic E-state index is 12.4. The van der Waals surface area contributed by atoms with E-state index >= 15 is 0 Å². The van der Waals surface area contributed by atoms with E-state index in [1.165, 1.54) is 6.92 Å². The zero-order chi connectivity index (χ0) is 16.8. The second-order valence-corrected chi connectivity index (χ2v) is 5.40. The Morgan fingerprint density at radius 3 is 2.65 bits per heavy atom. The predicted molar refractivity (Wildman–Crippen MR) is 85.0 cm³/mol. The molecule has 1 atom stereocenters. The average molecular weight is 337 g/mol. The minimum Gasteiger partial charge on any atom is -0.426 e. The largest absolute Gasteiger partial charge is 0.426 e. The number of carbonyl (C=O) groups excluding carboxylic acids is 1. The SMILES string of the molecule is CC(=O)N(O)C(C)/C=C/c1ccc(Oc2ccc(SF)cc2)o1. The van der Waals surface area contributed by atoms with Crippen molar-refractivity contribution in [2.24, 2.45) is 0 Å². The molecule has 1 N–H and O–H groups in total. The number of carbonyl (C=O) groups is 1. The van der Waals surface area contributed by atoms with Crippen LogP contribution in [-0.2, 0) is 4.79 Å². The fraction of sp³-hybridized carbons (Fsp3) is 0.188. The fourth-order valence-electron chi connectivity index (χ4n) is 1.76. The molecule has 5 nitrogen and oxygen atoms in total. The number of nitrogens with zero attached hydrogens (tertiary/aromatic N) is 1. The highest BCUT2D eigenvalue weighted by atomic mass is 32.2. The average Bonchev–Trinajstić information content (AvgIpc) is 3.00. The molecule has 0 bridgehead atoms. The number of halogens is 1. The Morgan fingerprint density at radius 2 is 2.04 bits per heavy atom. The third-order valence-corrected chi connectivity index (χ3v) is 3.43. The van der Waals surface area contributed by atoms with E-state index in [0.717, 1.165) is 0 Å². The van der Waals surface area contributed by atoms with Gasteiger partial charge in [-0.3, -0.25) is 10.0 Å². The van der Waals surface area contributed by atoms with Crippen molar-refractivity contribution in [3.63, 3.8) is 0 Å². The molecule has 0 aliphatic rings. The summed E-state index contributed by atoms with van der Waals surface area (Å²) in [4.78, 5) is 11.5. The van der Waals surface area contributed by atoms with Crippen LogP contribution in [0.1, 0.15) is 19.6 Å². The van der Waals surface area contributed by atoms with Crippen molar-refractivity contribution in [3.8, 4) is 11.7 Å². The van der Waals surface area contributed by atoms with E-state index < -0.39 is 11.9 Å². The van der Waals surface area contributed by atoms with Crippen molar-refractivity contribution < 1.29 is 23.0 Å². The van der Waals surface area contributed by atoms with Gasteiger partial charge in [0.25, 0.3) is 5.95 Å². The molecule has 0 aliphatic heterocycles. The number of amides is 1. The minimum absolute atomic E-state index is 0.165. The van der Waals surface area contributed by atoms with Crippen molar-refractivity contribution in [3.05, 3.63) is 48.2 Å². The van der Waals surface area contributed by atoms with Gasteiger partial charge in [-0.05, 0) is 43.3 Å². The van der Waals surface area contributed by atoms with Gasteiger partial charge in [0.05, 0.1) is 18.2 Å². The van der Waals surface area contributed by atoms with E-state index in [9.17, 15) is 13.9 Å². The van der Waals surface area contributed by atoms with Crippen LogP contribution in [0.4, 0.5) is 3.89 Å². The van der Waals surface area contributed by atoms with E-state index in [1.807, 2.05) is 0 Å². The summed E-state index contributed by atoms with van der Waals surface area (Å²) in [6.07, 6.45) is 3.25. The van der Waals surface area contributed by atoms with Gasteiger partial charge in [-0.15, -0.1) is 0 Å². The molecule has 0 spiro atoms. The number of rotatable bonds is 6. The van der Waals surface area contributed by atoms with Gasteiger partial charge in [-0.1, -0.05) is 6.08 Å². The van der Waals surface area contributed by atoms with Gasteiger partial charge in [-0.25, -0.2) is 5.06 Å². The predicted octanol–water partition coefficient (Wildman–Crippen LogP) is 4.69. The smallest absolute Gasteiger partial charge is 0.290 e. The summed E-state index contributed by atoms with van der Waals surface area (Å²) in [5.41, 5.74) is 0. The van der Waals surface area contributed by atoms with E-state index in [4.69, 9.17) is 9.15 Å². The highest BCUT2D eigenvalue weighted by Crippen LogP contribution is 2.27. The molecule has 2 aromatic rings. The van der Waals surface area contributed by atoms with E-state index in [-0.39, 0.29) is 18.1 Å². The van der Waals surface area contributed by atoms with Gasteiger partial charge in [0.2, 0.25) is 5.91 Å². The first kappa shape index (κ1) is 17.1. The van der Waals surface area contributed by atoms with Crippen LogP contribution in [0.2, 0.25) is 0 Å². The number of hydrogen-bond acceptors (Lipinski definition) is 5. The first-order valence-corrected chi connectivity index (χ1v) is 7.54. The zero-order valence-corrected chi connectivity index (χ0v) is 13.4. The number of hydrogen-bond donors (Lipinski definition) is 1. The molecule has 1 aromatic heterocycles. The summed E-state index contributed by atoms with van der Waals surface area (Å²) in [6.45, 7) is 2.94. The summed E-state index contributed by atoms with van der Waals surface area (Å²) < 4.78 is 23.3. The van der Waals surface area contributed by atoms with E-state index in [0.29, 0.717) is 21.5 Å². The van der Waals surface area contributed by atoms with Crippen molar-refractivity contribution in [2.45, 2.75) is 24.8 Å². The van der Waals surface area contributed by atoms with Crippen LogP contribution in [0, 0.1) is 0 Å². The quantitative estimate of drug-likeness (QED) is 0.612. The lowest BCUT2D eigenvalue weighted by atomic mass is 10.2. The Morgan fingerprint density at radius 1 is 1.35 bits per heavy atom. The molecule has 23 heavy (non-hydrogen) atoms. The normalized spacial score (nSPS) is 12.3. The van der Waals surface area contributed by atoms with Gasteiger partial charge in [0.15, 0.2) is 0 Å². The molecule has 1 aromatic carbocycles. The van der Waals surface area contributed by atoms with Crippen molar-refractivity contribution in [1.29, 1.82) is 0 Å². The van der Waals surface area contributed by atoms with Crippen LogP contribution in [0.25, 0.3) is 6.08 Å². The summed E-state index contributed by atoms with van der Waals surface area (Å²) in [7, 11) is 0. The highest BCUT2D eigenvalue weighted by molar-refractivity contribution is 7.94. The first-order chi connectivity index (χ1) is 11.0. The molecule has 1 unspecified atom stereocenters. The van der Waals surface area contributed by atoms with E-state index in [1.54, 1.807) is 55.5 Å². The van der Waals surface area contributed by atoms with Gasteiger partial charge in [0.1, 0.15) is 11.5 Å². The third kappa shape index (κ3) is 4.87. The number of benzene rings is 1. The molecule has 2 rings (SSSR count). The molecule has 1 amide bonds. The molecule has 1 heterocycles. The zero-order valence-electron chi connectivity index (χ0n) is 12.6. The molecule has 0 saturated carbocycles. The fourth-order valence-corrected chi connectivity index (χ4v) is 2.00. The first-order valence-electron chi connectivity index (χ1n) is 6.83. The van der Waals surface area contributed by atoms with Crippen LogP contribution in [0.5, 0.6) is 11.7 Å². The molecule has 0 radical (unpaired) electrons. The molecule has 7 heteroatoms. The minimum atomic E-state index is -0.479. The van der Waals surface area contributed by atoms with E-state index in [2.05, 4.69) is 0 Å². The standard InChI is InChI=1S/C16H16FNO4S/c1-11(18(20)12(2)19)3-4-13-7-10-16(21-13)22-14-5-8-15(23-17)9-6-14/h3-11,20H,1-2H3/b4-3+. The lowest BCUT2D eigenvalue weighted by molar-refractivity contribution is -0.167. The molecular weight excluding hydrogens is 321 g/mol. The summed E-state index contributed by atoms with van der Waals surface area (Å²) in [6, 6.07) is 9.33. The topological polar surface area (TPSA) is 62.9 Å². The number of furan rings is 1. The highest BCUT2D eigenvalue weighted by Gasteiger charge is 2.11. The number of hydroxylamine groups is 2. The molecule has 122 valence electrons. The summed E-state index contributed by atoms with van der Waals surface area (Å²) in [5.74, 6) is 0.879. The van der Waals surface area contributed by atoms with Crippen LogP contribution in [-0.4, -0.2) is 22.2 Å². The Labute approximate surface area is 137 Å². The summed E-state index contributed by atoms with van der Waals surface area (Å²) in [5, 5.41) is 10.1. The molecule has 0 aliphatic carbocycles. The second-order valence-electron chi connectivity index (χ2n) is 4.77. The van der Waals surface area contributed by atoms with Crippen LogP contribution in [0.3, 0.4) is 0 Å². The van der Waals surface area contributed by atoms with Gasteiger partial charge >= 0.3 is 0 Å². The Kier molecular flexibility index (Phi) is 5.84. The van der Waals surface area contributed by atoms with Gasteiger partial charge in [-0.2, -0.15) is 3.89 Å². The second kappa shape index (κ2) is 7.85. The Bertz CT molecular complexity index is 684. The summed E-state index contributed by atoms with van der Waals surface area (Å²) >= 11 is 0.165. The number of ether oxygens (including phenoxy) is 1. The van der Waals surface area contributed by atoms with Crippen LogP contribution < -0.4 is 4.74 Å². The van der Waals surface area contributed by atoms with Crippen LogP contribution >= 0.6 is 12.1 Å². The third-order valence-electron chi connectivity index (χ3n) is 2.98. The lowest BCUT2D eigenvalue weighted by Crippen LogP contribution is -2.32. The lowest BCUT2D eigenvalue weighted by Gasteiger charge is -2.17. The maximum Gasteiger partial charge on any atom is 0.290 e. The van der Waals surface area contributed by atoms with Crippen LogP contribution in [0.15, 0.2) is 51.8 Å². The van der Waals surface area contributed by atoms with Gasteiger partial charge in [0, 0.05) is 17.9 Å². The van der Waals surface area contributed by atoms with Gasteiger partial charge < -0.3 is 9.15 Å². The molecule has 0 saturated heterocycles. The van der Waals surface area contributed by atoms with Crippen molar-refractivity contribution >= 4 is 24.1 Å². The van der Waals surface area contributed by atoms with Crippen molar-refractivity contribution in [1.82, 2.24) is 5.06 Å². The Hall–Kier alpha value is -2.25. The molecule has 0 fully saturated rings. The van der Waals surface area contributed by atoms with Crippen molar-refractivity contribution in [2.75, 3.05) is 0 Å².